The molecule has 126 valence electrons. The van der Waals surface area contributed by atoms with Crippen LogP contribution in [0.25, 0.3) is 0 Å². The van der Waals surface area contributed by atoms with Gasteiger partial charge in [0.2, 0.25) is 0 Å². The molecule has 1 aromatic rings. The van der Waals surface area contributed by atoms with Crippen molar-refractivity contribution in [3.05, 3.63) is 47.5 Å². The molecule has 1 aliphatic carbocycles. The first-order valence-electron chi connectivity index (χ1n) is 8.16. The first-order chi connectivity index (χ1) is 11.2. The number of aryl methyl sites for hydroxylation is 1. The molecule has 23 heavy (non-hydrogen) atoms. The van der Waals surface area contributed by atoms with Gasteiger partial charge >= 0.3 is 5.97 Å². The van der Waals surface area contributed by atoms with Crippen LogP contribution in [-0.4, -0.2) is 31.9 Å². The van der Waals surface area contributed by atoms with E-state index < -0.39 is 0 Å². The Morgan fingerprint density at radius 3 is 2.74 bits per heavy atom. The smallest absolute Gasteiger partial charge is 0.338 e. The number of carbonyl (C=O) groups is 1. The molecule has 4 nitrogen and oxygen atoms in total. The van der Waals surface area contributed by atoms with E-state index in [-0.39, 0.29) is 18.2 Å². The van der Waals surface area contributed by atoms with Crippen molar-refractivity contribution in [2.75, 3.05) is 13.7 Å². The van der Waals surface area contributed by atoms with Crippen molar-refractivity contribution in [2.45, 2.75) is 51.4 Å². The SMILES string of the molecule is C=CCO[C@H]1CCCC(OCc2cccc(C)c2C(=O)OC)C1. The van der Waals surface area contributed by atoms with Gasteiger partial charge in [-0.2, -0.15) is 0 Å². The zero-order valence-corrected chi connectivity index (χ0v) is 14.0. The summed E-state index contributed by atoms with van der Waals surface area (Å²) in [5.41, 5.74) is 2.41. The van der Waals surface area contributed by atoms with Gasteiger partial charge in [-0.25, -0.2) is 4.79 Å². The number of benzene rings is 1. The number of carbonyl (C=O) groups excluding carboxylic acids is 1. The van der Waals surface area contributed by atoms with Gasteiger partial charge < -0.3 is 14.2 Å². The van der Waals surface area contributed by atoms with Crippen molar-refractivity contribution in [3.63, 3.8) is 0 Å². The van der Waals surface area contributed by atoms with E-state index in [9.17, 15) is 4.79 Å². The Morgan fingerprint density at radius 2 is 2.04 bits per heavy atom. The maximum atomic E-state index is 12.0. The molecular formula is C19H26O4. The predicted octanol–water partition coefficient (Wildman–Crippen LogP) is 3.81. The van der Waals surface area contributed by atoms with E-state index in [1.165, 1.54) is 7.11 Å². The van der Waals surface area contributed by atoms with E-state index in [1.54, 1.807) is 6.08 Å². The molecule has 1 fully saturated rings. The number of hydrogen-bond acceptors (Lipinski definition) is 4. The monoisotopic (exact) mass is 318 g/mol. The zero-order valence-electron chi connectivity index (χ0n) is 14.0. The number of methoxy groups -OCH3 is 1. The van der Waals surface area contributed by atoms with Crippen LogP contribution in [0.15, 0.2) is 30.9 Å². The first-order valence-corrected chi connectivity index (χ1v) is 8.16. The molecule has 2 rings (SSSR count). The number of esters is 1. The molecule has 0 N–H and O–H groups in total. The highest BCUT2D eigenvalue weighted by molar-refractivity contribution is 5.92. The topological polar surface area (TPSA) is 44.8 Å². The standard InChI is InChI=1S/C19H26O4/c1-4-11-22-16-9-6-10-17(12-16)23-13-15-8-5-7-14(2)18(15)19(20)21-3/h4-5,7-8,16-17H,1,6,9-13H2,2-3H3/t16-,17?/m0/s1. The van der Waals surface area contributed by atoms with E-state index in [0.29, 0.717) is 18.8 Å². The lowest BCUT2D eigenvalue weighted by atomic mass is 9.94. The second-order valence-corrected chi connectivity index (χ2v) is 5.94. The summed E-state index contributed by atoms with van der Waals surface area (Å²) < 4.78 is 16.7. The minimum Gasteiger partial charge on any atom is -0.465 e. The molecule has 0 spiro atoms. The Bertz CT molecular complexity index is 538. The van der Waals surface area contributed by atoms with Gasteiger partial charge in [-0.15, -0.1) is 6.58 Å². The fourth-order valence-electron chi connectivity index (χ4n) is 3.06. The largest absolute Gasteiger partial charge is 0.465 e. The third kappa shape index (κ3) is 4.91. The lowest BCUT2D eigenvalue weighted by molar-refractivity contribution is -0.0441. The Labute approximate surface area is 138 Å². The number of hydrogen-bond donors (Lipinski definition) is 0. The lowest BCUT2D eigenvalue weighted by Gasteiger charge is -2.29. The van der Waals surface area contributed by atoms with Gasteiger partial charge in [0.1, 0.15) is 0 Å². The molecule has 0 amide bonds. The first kappa shape index (κ1) is 17.7. The van der Waals surface area contributed by atoms with Crippen molar-refractivity contribution in [1.82, 2.24) is 0 Å². The summed E-state index contributed by atoms with van der Waals surface area (Å²) in [7, 11) is 1.40. The van der Waals surface area contributed by atoms with E-state index in [1.807, 2.05) is 25.1 Å². The number of ether oxygens (including phenoxy) is 3. The molecule has 0 heterocycles. The molecule has 1 aliphatic rings. The van der Waals surface area contributed by atoms with E-state index in [4.69, 9.17) is 14.2 Å². The Morgan fingerprint density at radius 1 is 1.30 bits per heavy atom. The molecule has 1 aromatic carbocycles. The number of rotatable bonds is 7. The van der Waals surface area contributed by atoms with Gasteiger partial charge in [0.15, 0.2) is 0 Å². The zero-order chi connectivity index (χ0) is 16.7. The Balaban J connectivity index is 1.96. The molecule has 1 saturated carbocycles. The summed E-state index contributed by atoms with van der Waals surface area (Å²) >= 11 is 0. The van der Waals surface area contributed by atoms with Gasteiger partial charge in [-0.1, -0.05) is 24.3 Å². The van der Waals surface area contributed by atoms with Gasteiger partial charge in [0.25, 0.3) is 0 Å². The van der Waals surface area contributed by atoms with Gasteiger partial charge in [-0.05, 0) is 43.7 Å². The van der Waals surface area contributed by atoms with Crippen LogP contribution >= 0.6 is 0 Å². The second kappa shape index (κ2) is 8.85. The third-order valence-corrected chi connectivity index (χ3v) is 4.25. The highest BCUT2D eigenvalue weighted by Gasteiger charge is 2.23. The van der Waals surface area contributed by atoms with Crippen LogP contribution in [0.3, 0.4) is 0 Å². The lowest BCUT2D eigenvalue weighted by Crippen LogP contribution is -2.28. The van der Waals surface area contributed by atoms with E-state index in [0.717, 1.165) is 36.8 Å². The molecule has 0 radical (unpaired) electrons. The van der Waals surface area contributed by atoms with Crippen LogP contribution in [0.4, 0.5) is 0 Å². The fraction of sp³-hybridized carbons (Fsp3) is 0.526. The Hall–Kier alpha value is -1.65. The normalized spacial score (nSPS) is 21.0. The molecule has 0 saturated heterocycles. The molecular weight excluding hydrogens is 292 g/mol. The van der Waals surface area contributed by atoms with E-state index in [2.05, 4.69) is 6.58 Å². The summed E-state index contributed by atoms with van der Waals surface area (Å²) in [4.78, 5) is 12.0. The summed E-state index contributed by atoms with van der Waals surface area (Å²) in [6.45, 7) is 6.60. The van der Waals surface area contributed by atoms with Crippen LogP contribution in [0.1, 0.15) is 47.2 Å². The summed E-state index contributed by atoms with van der Waals surface area (Å²) in [6, 6.07) is 5.78. The van der Waals surface area contributed by atoms with Crippen LogP contribution in [0, 0.1) is 6.92 Å². The van der Waals surface area contributed by atoms with Crippen molar-refractivity contribution in [1.29, 1.82) is 0 Å². The highest BCUT2D eigenvalue weighted by atomic mass is 16.5. The van der Waals surface area contributed by atoms with Crippen molar-refractivity contribution in [3.8, 4) is 0 Å². The molecule has 2 atom stereocenters. The summed E-state index contributed by atoms with van der Waals surface area (Å²) in [5, 5.41) is 0. The van der Waals surface area contributed by atoms with Gasteiger partial charge in [0.05, 0.1) is 38.1 Å². The van der Waals surface area contributed by atoms with Crippen molar-refractivity contribution >= 4 is 5.97 Å². The van der Waals surface area contributed by atoms with Crippen LogP contribution < -0.4 is 0 Å². The Kier molecular flexibility index (Phi) is 6.81. The van der Waals surface area contributed by atoms with Gasteiger partial charge in [-0.3, -0.25) is 0 Å². The van der Waals surface area contributed by atoms with Crippen LogP contribution in [0.5, 0.6) is 0 Å². The second-order valence-electron chi connectivity index (χ2n) is 5.94. The van der Waals surface area contributed by atoms with Crippen molar-refractivity contribution in [2.24, 2.45) is 0 Å². The average molecular weight is 318 g/mol. The molecule has 1 unspecified atom stereocenters. The van der Waals surface area contributed by atoms with Crippen LogP contribution in [0.2, 0.25) is 0 Å². The molecule has 0 bridgehead atoms. The summed E-state index contributed by atoms with van der Waals surface area (Å²) in [5.74, 6) is -0.308. The highest BCUT2D eigenvalue weighted by Crippen LogP contribution is 2.25. The molecule has 0 aromatic heterocycles. The maximum Gasteiger partial charge on any atom is 0.338 e. The average Bonchev–Trinajstić information content (AvgIpc) is 2.58. The minimum atomic E-state index is -0.308. The predicted molar refractivity (Wildman–Crippen MR) is 89.5 cm³/mol. The van der Waals surface area contributed by atoms with E-state index >= 15 is 0 Å². The third-order valence-electron chi connectivity index (χ3n) is 4.25. The minimum absolute atomic E-state index is 0.171. The summed E-state index contributed by atoms with van der Waals surface area (Å²) in [6.07, 6.45) is 6.30. The maximum absolute atomic E-state index is 12.0. The fourth-order valence-corrected chi connectivity index (χ4v) is 3.06. The van der Waals surface area contributed by atoms with Gasteiger partial charge in [0, 0.05) is 0 Å². The quantitative estimate of drug-likeness (QED) is 0.566. The van der Waals surface area contributed by atoms with Crippen LogP contribution in [-0.2, 0) is 20.8 Å². The molecule has 4 heteroatoms. The molecule has 0 aliphatic heterocycles. The van der Waals surface area contributed by atoms with Crippen molar-refractivity contribution < 1.29 is 19.0 Å².